The third kappa shape index (κ3) is 11.7. The Bertz CT molecular complexity index is 2120. The zero-order chi connectivity index (χ0) is 40.0. The Hall–Kier alpha value is -1.96. The van der Waals surface area contributed by atoms with E-state index in [-0.39, 0.29) is 16.0 Å². The van der Waals surface area contributed by atoms with Crippen LogP contribution in [-0.2, 0) is 14.8 Å². The van der Waals surface area contributed by atoms with Gasteiger partial charge in [0.15, 0.2) is 5.65 Å². The molecule has 6 heterocycles. The summed E-state index contributed by atoms with van der Waals surface area (Å²) in [5, 5.41) is 12.5. The average molecular weight is 1140 g/mol. The van der Waals surface area contributed by atoms with Crippen LogP contribution in [0.1, 0.15) is 52.0 Å². The summed E-state index contributed by atoms with van der Waals surface area (Å²) < 4.78 is 32.4. The molecule has 4 aromatic heterocycles. The fraction of sp³-hybridized carbons (Fsp3) is 0.538. The molecule has 2 unspecified atom stereocenters. The van der Waals surface area contributed by atoms with E-state index in [1.54, 1.807) is 50.0 Å². The minimum absolute atomic E-state index is 0. The number of likely N-dealkylation sites (tertiary alicyclic amines) is 1. The zero-order valence-electron chi connectivity index (χ0n) is 33.3. The van der Waals surface area contributed by atoms with Gasteiger partial charge in [-0.15, -0.1) is 0 Å². The van der Waals surface area contributed by atoms with Crippen molar-refractivity contribution in [1.29, 1.82) is 0 Å². The van der Waals surface area contributed by atoms with Crippen LogP contribution in [0.3, 0.4) is 0 Å². The van der Waals surface area contributed by atoms with Gasteiger partial charge in [0, 0.05) is 44.7 Å². The number of halogens is 3. The Morgan fingerprint density at radius 2 is 1.35 bits per heavy atom. The number of nitrogens with zero attached hydrogens (tertiary/aromatic N) is 6. The largest absolute Gasteiger partial charge is 0.412 e. The quantitative estimate of drug-likeness (QED) is 0.183. The predicted molar refractivity (Wildman–Crippen MR) is 241 cm³/mol. The number of benzene rings is 1. The Balaban J connectivity index is 0.000000188. The van der Waals surface area contributed by atoms with Gasteiger partial charge >= 0.3 is 50.5 Å². The number of anilines is 2. The van der Waals surface area contributed by atoms with E-state index >= 15 is 0 Å². The van der Waals surface area contributed by atoms with Crippen molar-refractivity contribution in [3.8, 4) is 0 Å². The van der Waals surface area contributed by atoms with Gasteiger partial charge in [-0.3, -0.25) is 0 Å². The molecule has 2 aliphatic heterocycles. The van der Waals surface area contributed by atoms with Crippen LogP contribution >= 0.6 is 37.2 Å². The van der Waals surface area contributed by atoms with Gasteiger partial charge in [0.2, 0.25) is 0 Å². The Labute approximate surface area is 366 Å². The van der Waals surface area contributed by atoms with Crippen molar-refractivity contribution in [3.05, 3.63) is 67.0 Å². The fourth-order valence-corrected chi connectivity index (χ4v) is 9.67. The van der Waals surface area contributed by atoms with E-state index in [4.69, 9.17) is 4.74 Å². The third-order valence-electron chi connectivity index (χ3n) is 11.3. The molecule has 0 spiro atoms. The Morgan fingerprint density at radius 1 is 0.825 bits per heavy atom. The number of methoxy groups -OCH3 is 1. The first-order chi connectivity index (χ1) is 26.8. The SMILES string of the molecule is COC(C)(C)C.Cc1ccc(S(=O)(=O)n2ccc3c(NC4C[C@@H]5CN(C)C[C@@H]5C4)ncnc32)cc1.I[I-]I.O.c1nc(NC2C[C@H]3CNC[C@H]3C2)c2cc[nH]c2n1. The maximum absolute atomic E-state index is 13.1. The summed E-state index contributed by atoms with van der Waals surface area (Å²) in [5.41, 5.74) is 2.37. The number of hydrogen-bond acceptors (Lipinski definition) is 11. The van der Waals surface area contributed by atoms with Gasteiger partial charge in [0.05, 0.1) is 21.3 Å². The van der Waals surface area contributed by atoms with E-state index in [0.29, 0.717) is 36.8 Å². The molecule has 4 aliphatic rings. The van der Waals surface area contributed by atoms with Gasteiger partial charge in [-0.2, -0.15) is 0 Å². The van der Waals surface area contributed by atoms with Crippen molar-refractivity contribution in [2.24, 2.45) is 23.7 Å². The van der Waals surface area contributed by atoms with Crippen LogP contribution in [0.25, 0.3) is 22.1 Å². The summed E-state index contributed by atoms with van der Waals surface area (Å²) >= 11 is 5.30. The first kappa shape index (κ1) is 46.1. The van der Waals surface area contributed by atoms with Crippen LogP contribution in [0.5, 0.6) is 0 Å². The molecule has 1 aromatic carbocycles. The van der Waals surface area contributed by atoms with Gasteiger partial charge in [-0.1, -0.05) is 17.7 Å². The summed E-state index contributed by atoms with van der Waals surface area (Å²) in [6, 6.07) is 11.6. The maximum atomic E-state index is 13.1. The smallest absolute Gasteiger partial charge is 0.142 e. The van der Waals surface area contributed by atoms with E-state index < -0.39 is 10.0 Å². The molecule has 2 aliphatic carbocycles. The number of ether oxygens (including phenoxy) is 1. The van der Waals surface area contributed by atoms with E-state index in [1.807, 2.05) is 40.0 Å². The molecule has 6 N–H and O–H groups in total. The van der Waals surface area contributed by atoms with Crippen molar-refractivity contribution < 1.29 is 31.9 Å². The monoisotopic (exact) mass is 1140 g/mol. The second kappa shape index (κ2) is 20.5. The molecule has 0 bridgehead atoms. The van der Waals surface area contributed by atoms with E-state index in [9.17, 15) is 8.42 Å². The average Bonchev–Trinajstić information content (AvgIpc) is 4.00. The molecule has 6 atom stereocenters. The van der Waals surface area contributed by atoms with E-state index in [1.165, 1.54) is 36.2 Å². The summed E-state index contributed by atoms with van der Waals surface area (Å²) in [6.45, 7) is 12.7. The topological polar surface area (TPSA) is 186 Å². The molecule has 2 saturated heterocycles. The number of nitrogens with one attached hydrogen (secondary N) is 4. The van der Waals surface area contributed by atoms with E-state index in [2.05, 4.69) is 90.0 Å². The summed E-state index contributed by atoms with van der Waals surface area (Å²) in [7, 11) is 0.186. The second-order valence-corrected chi connectivity index (χ2v) is 34.3. The van der Waals surface area contributed by atoms with Crippen LogP contribution in [0.2, 0.25) is 0 Å². The molecule has 5 aromatic rings. The van der Waals surface area contributed by atoms with Crippen LogP contribution in [0, 0.1) is 30.6 Å². The number of rotatable bonds is 6. The molecule has 2 saturated carbocycles. The molecule has 0 amide bonds. The van der Waals surface area contributed by atoms with Gasteiger partial charge < -0.3 is 36.0 Å². The number of fused-ring (bicyclic) bond motifs is 4. The van der Waals surface area contributed by atoms with Crippen LogP contribution < -0.4 is 29.2 Å². The second-order valence-electron chi connectivity index (χ2n) is 16.3. The van der Waals surface area contributed by atoms with Crippen molar-refractivity contribution >= 4 is 81.0 Å². The van der Waals surface area contributed by atoms with Crippen LogP contribution in [0.4, 0.5) is 11.6 Å². The molecule has 314 valence electrons. The normalized spacial score (nSPS) is 24.0. The predicted octanol–water partition coefficient (Wildman–Crippen LogP) is 3.48. The molecule has 18 heteroatoms. The first-order valence-electron chi connectivity index (χ1n) is 19.1. The number of aryl methyl sites for hydroxylation is 1. The van der Waals surface area contributed by atoms with Crippen LogP contribution in [0.15, 0.2) is 66.3 Å². The number of aromatic nitrogens is 6. The van der Waals surface area contributed by atoms with Gasteiger partial charge in [-0.25, -0.2) is 32.3 Å². The molecular weight excluding hydrogens is 1090 g/mol. The zero-order valence-corrected chi connectivity index (χ0v) is 40.6. The Kier molecular flexibility index (Phi) is 16.6. The Morgan fingerprint density at radius 3 is 1.91 bits per heavy atom. The maximum Gasteiger partial charge on any atom is 0.142 e. The van der Waals surface area contributed by atoms with Gasteiger partial charge in [0.25, 0.3) is 10.0 Å². The minimum Gasteiger partial charge on any atom is -0.412 e. The first-order valence-corrected chi connectivity index (χ1v) is 33.1. The van der Waals surface area contributed by atoms with Crippen molar-refractivity contribution in [2.45, 2.75) is 76.0 Å². The number of aromatic amines is 1. The number of H-pyrrole nitrogens is 1. The molecule has 4 fully saturated rings. The van der Waals surface area contributed by atoms with Gasteiger partial charge in [0.1, 0.15) is 29.9 Å². The molecule has 57 heavy (non-hydrogen) atoms. The summed E-state index contributed by atoms with van der Waals surface area (Å²) in [4.78, 5) is 23.1. The summed E-state index contributed by atoms with van der Waals surface area (Å²) in [5.74, 6) is 4.87. The standard InChI is InChI=1S/C21H25N5O2S.C13H17N5.C5H12O.I3.H2O/c1-14-3-5-18(6-4-14)29(27,28)26-8-7-19-20(22-13-23-21(19)26)24-17-9-15-11-25(2)12-16(15)10-17;1-2-15-12-11(1)13(17-7-16-12)18-10-3-8-5-14-6-9(8)4-10;1-5(2,3)6-4;1-3-2;/h3-8,13,15-17H,9-12H2,1-2H3,(H,22,23,24);1-2,7-10,14H,3-6H2,(H2,15,16,17,18);1-4H3;;1H2/q;;;-1;/t15-,16+,17?;8-,9+,10?;;;. The fourth-order valence-electron chi connectivity index (χ4n) is 8.37. The van der Waals surface area contributed by atoms with E-state index in [0.717, 1.165) is 77.4 Å². The number of hydrogen-bond donors (Lipinski definition) is 4. The third-order valence-corrected chi connectivity index (χ3v) is 12.9. The van der Waals surface area contributed by atoms with Crippen LogP contribution in [-0.4, -0.2) is 106 Å². The molecular formula is C39H56I3N10O4S-. The molecule has 14 nitrogen and oxygen atoms in total. The molecule has 9 rings (SSSR count). The van der Waals surface area contributed by atoms with Crippen molar-refractivity contribution in [1.82, 2.24) is 39.1 Å². The van der Waals surface area contributed by atoms with Gasteiger partial charge in [-0.05, 0) is 121 Å². The molecule has 0 radical (unpaired) electrons. The van der Waals surface area contributed by atoms with Crippen molar-refractivity contribution in [3.63, 3.8) is 0 Å². The minimum atomic E-state index is -3.71. The summed E-state index contributed by atoms with van der Waals surface area (Å²) in [6.07, 6.45) is 11.3. The van der Waals surface area contributed by atoms with Crippen molar-refractivity contribution in [2.75, 3.05) is 51.0 Å².